The molecule has 1 fully saturated rings. The molecule has 0 aromatic heterocycles. The number of hydrogen-bond acceptors (Lipinski definition) is 2. The van der Waals surface area contributed by atoms with E-state index in [9.17, 15) is 4.79 Å². The van der Waals surface area contributed by atoms with Crippen LogP contribution >= 0.6 is 0 Å². The largest absolute Gasteiger partial charge is 0.381 e. The molecule has 1 unspecified atom stereocenters. The molecule has 0 radical (unpaired) electrons. The molecule has 1 amide bonds. The second-order valence-corrected chi connectivity index (χ2v) is 10.8. The Bertz CT molecular complexity index is 705. The molecular weight excluding hydrogens is 444 g/mol. The lowest BCUT2D eigenvalue weighted by Crippen LogP contribution is -2.52. The predicted octanol–water partition coefficient (Wildman–Crippen LogP) is 8.18. The van der Waals surface area contributed by atoms with E-state index in [0.29, 0.717) is 12.3 Å². The van der Waals surface area contributed by atoms with E-state index in [4.69, 9.17) is 4.74 Å². The van der Waals surface area contributed by atoms with Crippen LogP contribution in [0.3, 0.4) is 0 Å². The normalized spacial score (nSPS) is 15.7. The number of likely N-dealkylation sites (tertiary alicyclic amines) is 1. The van der Waals surface area contributed by atoms with Gasteiger partial charge in [-0.3, -0.25) is 14.2 Å². The average Bonchev–Trinajstić information content (AvgIpc) is 3.29. The number of ether oxygens (including phenoxy) is 1. The number of benzene rings is 1. The molecule has 1 aliphatic heterocycles. The highest BCUT2D eigenvalue weighted by atomic mass is 16.5. The Morgan fingerprint density at radius 2 is 1.44 bits per heavy atom. The number of amides is 1. The molecule has 0 bridgehead atoms. The van der Waals surface area contributed by atoms with Crippen LogP contribution in [-0.4, -0.2) is 54.8 Å². The van der Waals surface area contributed by atoms with Gasteiger partial charge in [0.25, 0.3) is 0 Å². The Balaban J connectivity index is 1.68. The van der Waals surface area contributed by atoms with Gasteiger partial charge in [-0.2, -0.15) is 0 Å². The van der Waals surface area contributed by atoms with Gasteiger partial charge in [-0.15, -0.1) is 0 Å². The topological polar surface area (TPSA) is 29.5 Å². The summed E-state index contributed by atoms with van der Waals surface area (Å²) < 4.78 is 6.83. The van der Waals surface area contributed by atoms with Crippen LogP contribution in [0.15, 0.2) is 36.5 Å². The van der Waals surface area contributed by atoms with Crippen molar-refractivity contribution in [2.75, 3.05) is 39.5 Å². The molecule has 4 heteroatoms. The van der Waals surface area contributed by atoms with E-state index < -0.39 is 0 Å². The fraction of sp³-hybridized carbons (Fsp3) is 0.719. The van der Waals surface area contributed by atoms with Gasteiger partial charge in [-0.05, 0) is 43.7 Å². The maximum atomic E-state index is 12.4. The summed E-state index contributed by atoms with van der Waals surface area (Å²) in [5, 5.41) is 0. The van der Waals surface area contributed by atoms with Crippen LogP contribution in [-0.2, 0) is 9.53 Å². The SMILES string of the molecule is CCCCCCCCCCCCOCCCC[N+](C=Cc1ccccc1)(CCC)CN1CCCC1=O. The molecule has 204 valence electrons. The van der Waals surface area contributed by atoms with Gasteiger partial charge in [0.15, 0.2) is 6.67 Å². The summed E-state index contributed by atoms with van der Waals surface area (Å²) in [5.41, 5.74) is 1.23. The highest BCUT2D eigenvalue weighted by Gasteiger charge is 2.31. The molecule has 1 heterocycles. The Morgan fingerprint density at radius 3 is 2.06 bits per heavy atom. The van der Waals surface area contributed by atoms with Crippen molar-refractivity contribution in [2.45, 2.75) is 110 Å². The minimum absolute atomic E-state index is 0.321. The second kappa shape index (κ2) is 19.5. The predicted molar refractivity (Wildman–Crippen MR) is 153 cm³/mol. The van der Waals surface area contributed by atoms with E-state index in [2.05, 4.69) is 61.4 Å². The van der Waals surface area contributed by atoms with Crippen LogP contribution in [0.1, 0.15) is 116 Å². The van der Waals surface area contributed by atoms with Crippen LogP contribution in [0.5, 0.6) is 0 Å². The third-order valence-electron chi connectivity index (χ3n) is 7.46. The lowest BCUT2D eigenvalue weighted by atomic mass is 10.1. The van der Waals surface area contributed by atoms with E-state index in [-0.39, 0.29) is 0 Å². The summed E-state index contributed by atoms with van der Waals surface area (Å²) >= 11 is 0. The zero-order valence-corrected chi connectivity index (χ0v) is 23.6. The van der Waals surface area contributed by atoms with Gasteiger partial charge in [0, 0.05) is 26.2 Å². The van der Waals surface area contributed by atoms with E-state index in [1.54, 1.807) is 0 Å². The lowest BCUT2D eigenvalue weighted by molar-refractivity contribution is -0.887. The zero-order valence-electron chi connectivity index (χ0n) is 23.6. The third kappa shape index (κ3) is 13.1. The summed E-state index contributed by atoms with van der Waals surface area (Å²) in [5.74, 6) is 0.321. The number of carbonyl (C=O) groups is 1. The van der Waals surface area contributed by atoms with Crippen molar-refractivity contribution in [3.63, 3.8) is 0 Å². The molecule has 4 nitrogen and oxygen atoms in total. The minimum Gasteiger partial charge on any atom is -0.381 e. The first-order valence-electron chi connectivity index (χ1n) is 15.1. The Morgan fingerprint density at radius 1 is 0.806 bits per heavy atom. The maximum absolute atomic E-state index is 12.4. The Hall–Kier alpha value is -1.65. The van der Waals surface area contributed by atoms with E-state index in [0.717, 1.165) is 69.7 Å². The number of quaternary nitrogens is 1. The number of rotatable bonds is 22. The highest BCUT2D eigenvalue weighted by molar-refractivity contribution is 5.77. The van der Waals surface area contributed by atoms with Gasteiger partial charge in [-0.25, -0.2) is 0 Å². The van der Waals surface area contributed by atoms with Gasteiger partial charge in [0.2, 0.25) is 5.91 Å². The van der Waals surface area contributed by atoms with Crippen molar-refractivity contribution in [3.05, 3.63) is 42.1 Å². The molecule has 0 saturated carbocycles. The van der Waals surface area contributed by atoms with Gasteiger partial charge in [0.1, 0.15) is 0 Å². The molecule has 1 aromatic rings. The summed E-state index contributed by atoms with van der Waals surface area (Å²) in [6, 6.07) is 10.5. The lowest BCUT2D eigenvalue weighted by Gasteiger charge is -2.38. The van der Waals surface area contributed by atoms with Crippen LogP contribution < -0.4 is 0 Å². The molecule has 0 aliphatic carbocycles. The molecule has 1 aromatic carbocycles. The summed E-state index contributed by atoms with van der Waals surface area (Å²) in [7, 11) is 0. The van der Waals surface area contributed by atoms with E-state index >= 15 is 0 Å². The summed E-state index contributed by atoms with van der Waals surface area (Å²) in [6.45, 7) is 10.1. The van der Waals surface area contributed by atoms with Crippen molar-refractivity contribution in [1.82, 2.24) is 4.90 Å². The maximum Gasteiger partial charge on any atom is 0.226 e. The Kier molecular flexibility index (Phi) is 16.5. The molecular formula is C32H55N2O2+. The standard InChI is InChI=1S/C32H55N2O2/c1-3-5-6-7-8-9-10-11-12-17-28-36-29-18-16-26-34(25-4-2,30-33-24-19-22-32(33)35)27-23-31-20-14-13-15-21-31/h13-15,20-21,23,27H,3-12,16-19,22,24-26,28-30H2,1-2H3/q+1. The number of carbonyl (C=O) groups excluding carboxylic acids is 1. The van der Waals surface area contributed by atoms with Crippen LogP contribution in [0.4, 0.5) is 0 Å². The van der Waals surface area contributed by atoms with Crippen LogP contribution in [0.2, 0.25) is 0 Å². The molecule has 1 atom stereocenters. The molecule has 36 heavy (non-hydrogen) atoms. The zero-order chi connectivity index (χ0) is 25.7. The van der Waals surface area contributed by atoms with Crippen LogP contribution in [0, 0.1) is 0 Å². The monoisotopic (exact) mass is 499 g/mol. The first kappa shape index (κ1) is 30.6. The van der Waals surface area contributed by atoms with Crippen molar-refractivity contribution < 1.29 is 14.0 Å². The van der Waals surface area contributed by atoms with Gasteiger partial charge in [-0.1, -0.05) is 102 Å². The van der Waals surface area contributed by atoms with Crippen molar-refractivity contribution >= 4 is 12.0 Å². The molecule has 1 saturated heterocycles. The molecule has 0 N–H and O–H groups in total. The second-order valence-electron chi connectivity index (χ2n) is 10.8. The average molecular weight is 500 g/mol. The summed E-state index contributed by atoms with van der Waals surface area (Å²) in [4.78, 5) is 14.5. The first-order valence-corrected chi connectivity index (χ1v) is 15.1. The van der Waals surface area contributed by atoms with Gasteiger partial charge < -0.3 is 4.74 Å². The van der Waals surface area contributed by atoms with Gasteiger partial charge >= 0.3 is 0 Å². The molecule has 2 rings (SSSR count). The third-order valence-corrected chi connectivity index (χ3v) is 7.46. The van der Waals surface area contributed by atoms with Crippen LogP contribution in [0.25, 0.3) is 6.08 Å². The van der Waals surface area contributed by atoms with Crippen molar-refractivity contribution in [1.29, 1.82) is 0 Å². The minimum atomic E-state index is 0.321. The smallest absolute Gasteiger partial charge is 0.226 e. The van der Waals surface area contributed by atoms with Gasteiger partial charge in [0.05, 0.1) is 19.3 Å². The van der Waals surface area contributed by atoms with Crippen molar-refractivity contribution in [2.24, 2.45) is 0 Å². The molecule has 1 aliphatic rings. The number of unbranched alkanes of at least 4 members (excludes halogenated alkanes) is 10. The fourth-order valence-corrected chi connectivity index (χ4v) is 5.32. The number of nitrogens with zero attached hydrogens (tertiary/aromatic N) is 2. The first-order chi connectivity index (χ1) is 17.7. The quantitative estimate of drug-likeness (QED) is 0.119. The summed E-state index contributed by atoms with van der Waals surface area (Å²) in [6.07, 6.45) is 23.3. The number of hydrogen-bond donors (Lipinski definition) is 0. The van der Waals surface area contributed by atoms with E-state index in [1.807, 2.05) is 0 Å². The van der Waals surface area contributed by atoms with Crippen molar-refractivity contribution in [3.8, 4) is 0 Å². The highest BCUT2D eigenvalue weighted by Crippen LogP contribution is 2.20. The fourth-order valence-electron chi connectivity index (χ4n) is 5.32. The van der Waals surface area contributed by atoms with E-state index in [1.165, 1.54) is 69.8 Å². The Labute approximate surface area is 222 Å². The molecule has 0 spiro atoms.